The van der Waals surface area contributed by atoms with Crippen LogP contribution < -0.4 is 5.56 Å². The SMILES string of the molecule is CC(=O)N(C)[C@H]1CC2(CCN(C(=O)Cn3ncc4ccccc4c3=O)CC2)OC[C@]1(C)O. The molecule has 2 aliphatic heterocycles. The fourth-order valence-corrected chi connectivity index (χ4v) is 4.78. The Hall–Kier alpha value is -2.78. The molecule has 9 nitrogen and oxygen atoms in total. The highest BCUT2D eigenvalue weighted by molar-refractivity contribution is 5.81. The van der Waals surface area contributed by atoms with Gasteiger partial charge in [0.25, 0.3) is 5.56 Å². The third kappa shape index (κ3) is 4.14. The van der Waals surface area contributed by atoms with Gasteiger partial charge in [0.1, 0.15) is 12.1 Å². The zero-order chi connectivity index (χ0) is 23.1. The molecule has 3 heterocycles. The Labute approximate surface area is 186 Å². The number of aromatic nitrogens is 2. The predicted molar refractivity (Wildman–Crippen MR) is 118 cm³/mol. The van der Waals surface area contributed by atoms with Crippen LogP contribution >= 0.6 is 0 Å². The number of ether oxygens (including phenoxy) is 1. The van der Waals surface area contributed by atoms with E-state index >= 15 is 0 Å². The third-order valence-corrected chi connectivity index (χ3v) is 6.99. The van der Waals surface area contributed by atoms with E-state index < -0.39 is 11.2 Å². The fraction of sp³-hybridized carbons (Fsp3) is 0.565. The number of carbonyl (C=O) groups is 2. The van der Waals surface area contributed by atoms with Crippen molar-refractivity contribution in [1.29, 1.82) is 0 Å². The molecule has 1 aromatic carbocycles. The summed E-state index contributed by atoms with van der Waals surface area (Å²) in [5.74, 6) is -0.266. The minimum Gasteiger partial charge on any atom is -0.386 e. The Morgan fingerprint density at radius 3 is 2.66 bits per heavy atom. The number of aliphatic hydroxyl groups is 1. The van der Waals surface area contributed by atoms with Gasteiger partial charge in [0.2, 0.25) is 11.8 Å². The summed E-state index contributed by atoms with van der Waals surface area (Å²) < 4.78 is 7.31. The summed E-state index contributed by atoms with van der Waals surface area (Å²) in [6, 6.07) is 6.83. The molecule has 172 valence electrons. The number of hydrogen-bond acceptors (Lipinski definition) is 6. The van der Waals surface area contributed by atoms with Crippen LogP contribution in [0.4, 0.5) is 0 Å². The maximum Gasteiger partial charge on any atom is 0.275 e. The summed E-state index contributed by atoms with van der Waals surface area (Å²) in [6.45, 7) is 4.18. The van der Waals surface area contributed by atoms with Gasteiger partial charge in [0.05, 0.1) is 29.8 Å². The number of nitrogens with zero attached hydrogens (tertiary/aromatic N) is 4. The minimum absolute atomic E-state index is 0.103. The van der Waals surface area contributed by atoms with Gasteiger partial charge in [-0.25, -0.2) is 4.68 Å². The number of likely N-dealkylation sites (tertiary alicyclic amines) is 1. The minimum atomic E-state index is -1.12. The molecule has 0 radical (unpaired) electrons. The molecule has 2 atom stereocenters. The highest BCUT2D eigenvalue weighted by atomic mass is 16.5. The third-order valence-electron chi connectivity index (χ3n) is 6.99. The van der Waals surface area contributed by atoms with Crippen LogP contribution in [0.1, 0.15) is 33.1 Å². The molecular formula is C23H30N4O5. The molecule has 0 aliphatic carbocycles. The standard InChI is InChI=1S/C23H30N4O5/c1-16(28)25(3)19-12-23(32-15-22(19,2)31)8-10-26(11-9-23)20(29)14-27-21(30)18-7-5-4-6-17(18)13-24-27/h4-7,13,19,31H,8-12,14-15H2,1-3H3/t19-,22-/m0/s1. The van der Waals surface area contributed by atoms with Gasteiger partial charge < -0.3 is 19.6 Å². The first-order valence-electron chi connectivity index (χ1n) is 10.9. The monoisotopic (exact) mass is 442 g/mol. The van der Waals surface area contributed by atoms with Gasteiger partial charge in [0, 0.05) is 32.4 Å². The normalized spacial score (nSPS) is 25.1. The van der Waals surface area contributed by atoms with Crippen molar-refractivity contribution >= 4 is 22.6 Å². The molecule has 9 heteroatoms. The maximum absolute atomic E-state index is 12.9. The van der Waals surface area contributed by atoms with Crippen LogP contribution in [0.3, 0.4) is 0 Å². The Balaban J connectivity index is 1.42. The Morgan fingerprint density at radius 1 is 1.28 bits per heavy atom. The Morgan fingerprint density at radius 2 is 1.97 bits per heavy atom. The lowest BCUT2D eigenvalue weighted by atomic mass is 9.77. The van der Waals surface area contributed by atoms with Crippen molar-refractivity contribution in [2.75, 3.05) is 26.7 Å². The zero-order valence-electron chi connectivity index (χ0n) is 18.8. The van der Waals surface area contributed by atoms with E-state index in [4.69, 9.17) is 4.74 Å². The van der Waals surface area contributed by atoms with Crippen molar-refractivity contribution in [2.24, 2.45) is 0 Å². The molecule has 2 fully saturated rings. The first-order valence-corrected chi connectivity index (χ1v) is 10.9. The molecule has 2 saturated heterocycles. The second-order valence-electron chi connectivity index (χ2n) is 9.25. The van der Waals surface area contributed by atoms with Crippen molar-refractivity contribution in [3.8, 4) is 0 Å². The first-order chi connectivity index (χ1) is 15.1. The van der Waals surface area contributed by atoms with Gasteiger partial charge in [0.15, 0.2) is 0 Å². The van der Waals surface area contributed by atoms with E-state index in [1.807, 2.05) is 12.1 Å². The van der Waals surface area contributed by atoms with Gasteiger partial charge in [-0.3, -0.25) is 14.4 Å². The average molecular weight is 443 g/mol. The van der Waals surface area contributed by atoms with Crippen LogP contribution in [0, 0.1) is 0 Å². The first kappa shape index (κ1) is 22.4. The Kier molecular flexibility index (Phi) is 5.81. The highest BCUT2D eigenvalue weighted by Gasteiger charge is 2.50. The number of rotatable bonds is 3. The van der Waals surface area contributed by atoms with Gasteiger partial charge in [-0.15, -0.1) is 0 Å². The number of carbonyl (C=O) groups excluding carboxylic acids is 2. The van der Waals surface area contributed by atoms with Crippen LogP contribution in [-0.2, 0) is 20.9 Å². The molecule has 1 spiro atoms. The largest absolute Gasteiger partial charge is 0.386 e. The van der Waals surface area contributed by atoms with Crippen molar-refractivity contribution in [2.45, 2.75) is 56.9 Å². The van der Waals surface area contributed by atoms with Gasteiger partial charge in [-0.05, 0) is 32.3 Å². The fourth-order valence-electron chi connectivity index (χ4n) is 4.78. The molecule has 4 rings (SSSR count). The predicted octanol–water partition coefficient (Wildman–Crippen LogP) is 0.776. The van der Waals surface area contributed by atoms with E-state index in [0.717, 1.165) is 5.39 Å². The summed E-state index contributed by atoms with van der Waals surface area (Å²) in [6.07, 6.45) is 3.33. The number of piperidine rings is 1. The van der Waals surface area contributed by atoms with Crippen LogP contribution in [0.2, 0.25) is 0 Å². The summed E-state index contributed by atoms with van der Waals surface area (Å²) >= 11 is 0. The van der Waals surface area contributed by atoms with Gasteiger partial charge in [-0.2, -0.15) is 5.10 Å². The quantitative estimate of drug-likeness (QED) is 0.753. The van der Waals surface area contributed by atoms with Crippen LogP contribution in [0.5, 0.6) is 0 Å². The second-order valence-corrected chi connectivity index (χ2v) is 9.25. The Bertz CT molecular complexity index is 1090. The molecule has 0 bridgehead atoms. The summed E-state index contributed by atoms with van der Waals surface area (Å²) in [5, 5.41) is 16.2. The maximum atomic E-state index is 12.9. The van der Waals surface area contributed by atoms with Crippen molar-refractivity contribution in [1.82, 2.24) is 19.6 Å². The lowest BCUT2D eigenvalue weighted by molar-refractivity contribution is -0.209. The zero-order valence-corrected chi connectivity index (χ0v) is 18.8. The van der Waals surface area contributed by atoms with Crippen molar-refractivity contribution in [3.05, 3.63) is 40.8 Å². The number of likely N-dealkylation sites (N-methyl/N-ethyl adjacent to an activating group) is 1. The highest BCUT2D eigenvalue weighted by Crippen LogP contribution is 2.40. The summed E-state index contributed by atoms with van der Waals surface area (Å²) in [7, 11) is 1.70. The van der Waals surface area contributed by atoms with Crippen LogP contribution in [-0.4, -0.2) is 80.5 Å². The second kappa shape index (κ2) is 8.29. The molecular weight excluding hydrogens is 412 g/mol. The molecule has 0 unspecified atom stereocenters. The molecule has 0 saturated carbocycles. The summed E-state index contributed by atoms with van der Waals surface area (Å²) in [5.41, 5.74) is -1.88. The smallest absolute Gasteiger partial charge is 0.275 e. The van der Waals surface area contributed by atoms with Gasteiger partial charge >= 0.3 is 0 Å². The summed E-state index contributed by atoms with van der Waals surface area (Å²) in [4.78, 5) is 40.8. The number of amides is 2. The van der Waals surface area contributed by atoms with E-state index in [1.54, 1.807) is 42.1 Å². The van der Waals surface area contributed by atoms with E-state index in [-0.39, 0.29) is 36.6 Å². The van der Waals surface area contributed by atoms with Crippen molar-refractivity contribution in [3.63, 3.8) is 0 Å². The molecule has 2 amide bonds. The van der Waals surface area contributed by atoms with Crippen molar-refractivity contribution < 1.29 is 19.4 Å². The molecule has 2 aliphatic rings. The van der Waals surface area contributed by atoms with E-state index in [2.05, 4.69) is 5.10 Å². The van der Waals surface area contributed by atoms with E-state index in [0.29, 0.717) is 37.7 Å². The molecule has 1 aromatic heterocycles. The number of benzene rings is 1. The van der Waals surface area contributed by atoms with E-state index in [1.165, 1.54) is 11.6 Å². The topological polar surface area (TPSA) is 105 Å². The lowest BCUT2D eigenvalue weighted by Crippen LogP contribution is -2.64. The van der Waals surface area contributed by atoms with E-state index in [9.17, 15) is 19.5 Å². The van der Waals surface area contributed by atoms with Crippen LogP contribution in [0.25, 0.3) is 10.8 Å². The molecule has 32 heavy (non-hydrogen) atoms. The average Bonchev–Trinajstić information content (AvgIpc) is 2.77. The number of fused-ring (bicyclic) bond motifs is 1. The van der Waals surface area contributed by atoms with Crippen LogP contribution in [0.15, 0.2) is 35.3 Å². The van der Waals surface area contributed by atoms with Gasteiger partial charge in [-0.1, -0.05) is 18.2 Å². The molecule has 1 N–H and O–H groups in total. The number of hydrogen-bond donors (Lipinski definition) is 1. The molecule has 2 aromatic rings. The lowest BCUT2D eigenvalue weighted by Gasteiger charge is -2.52.